The third kappa shape index (κ3) is 1.91. The first-order chi connectivity index (χ1) is 9.36. The van der Waals surface area contributed by atoms with E-state index in [2.05, 4.69) is 22.3 Å². The molecule has 2 atom stereocenters. The molecule has 2 aliphatic rings. The van der Waals surface area contributed by atoms with Gasteiger partial charge in [0, 0.05) is 11.8 Å². The summed E-state index contributed by atoms with van der Waals surface area (Å²) >= 11 is 0. The third-order valence-corrected chi connectivity index (χ3v) is 4.05. The van der Waals surface area contributed by atoms with E-state index in [0.29, 0.717) is 17.8 Å². The number of para-hydroxylation sites is 1. The van der Waals surface area contributed by atoms with E-state index >= 15 is 0 Å². The Bertz CT molecular complexity index is 604. The molecule has 1 aromatic heterocycles. The lowest BCUT2D eigenvalue weighted by Crippen LogP contribution is -1.91. The first kappa shape index (κ1) is 11.0. The fourth-order valence-corrected chi connectivity index (χ4v) is 2.69. The van der Waals surface area contributed by atoms with Crippen LogP contribution in [0.3, 0.4) is 0 Å². The molecule has 0 bridgehead atoms. The highest BCUT2D eigenvalue weighted by Crippen LogP contribution is 2.56. The molecule has 4 heteroatoms. The van der Waals surface area contributed by atoms with Crippen molar-refractivity contribution in [3.63, 3.8) is 0 Å². The maximum Gasteiger partial charge on any atom is 0.230 e. The largest absolute Gasteiger partial charge is 0.496 e. The van der Waals surface area contributed by atoms with Crippen molar-refractivity contribution in [1.29, 1.82) is 0 Å². The van der Waals surface area contributed by atoms with Crippen LogP contribution >= 0.6 is 0 Å². The van der Waals surface area contributed by atoms with Gasteiger partial charge in [0.2, 0.25) is 5.89 Å². The SMILES string of the molecule is COc1ccccc1[C@H]1C[C@H]1c1nc(C2CC2)no1. The summed E-state index contributed by atoms with van der Waals surface area (Å²) in [5.41, 5.74) is 1.25. The van der Waals surface area contributed by atoms with Crippen molar-refractivity contribution in [2.75, 3.05) is 7.11 Å². The van der Waals surface area contributed by atoms with E-state index < -0.39 is 0 Å². The van der Waals surface area contributed by atoms with Crippen LogP contribution in [0, 0.1) is 0 Å². The normalized spacial score (nSPS) is 25.3. The number of aromatic nitrogens is 2. The standard InChI is InChI=1S/C15H16N2O2/c1-18-13-5-3-2-4-10(13)11-8-12(11)15-16-14(17-19-15)9-6-7-9/h2-5,9,11-12H,6-8H2,1H3/t11-,12-/m1/s1. The molecule has 0 amide bonds. The Kier molecular flexibility index (Phi) is 2.37. The summed E-state index contributed by atoms with van der Waals surface area (Å²) in [6.07, 6.45) is 3.49. The summed E-state index contributed by atoms with van der Waals surface area (Å²) in [7, 11) is 1.72. The lowest BCUT2D eigenvalue weighted by Gasteiger charge is -2.06. The van der Waals surface area contributed by atoms with Gasteiger partial charge in [0.05, 0.1) is 7.11 Å². The maximum absolute atomic E-state index is 5.42. The monoisotopic (exact) mass is 256 g/mol. The summed E-state index contributed by atoms with van der Waals surface area (Å²) in [6.45, 7) is 0. The molecule has 0 unspecified atom stereocenters. The number of ether oxygens (including phenoxy) is 1. The first-order valence-corrected chi connectivity index (χ1v) is 6.83. The molecule has 2 fully saturated rings. The van der Waals surface area contributed by atoms with Gasteiger partial charge in [-0.3, -0.25) is 0 Å². The fourth-order valence-electron chi connectivity index (χ4n) is 2.69. The molecule has 1 aromatic carbocycles. The molecular weight excluding hydrogens is 240 g/mol. The number of rotatable bonds is 4. The van der Waals surface area contributed by atoms with E-state index in [1.165, 1.54) is 18.4 Å². The Balaban J connectivity index is 1.55. The van der Waals surface area contributed by atoms with Crippen LogP contribution in [0.2, 0.25) is 0 Å². The minimum Gasteiger partial charge on any atom is -0.496 e. The van der Waals surface area contributed by atoms with Crippen molar-refractivity contribution in [2.45, 2.75) is 37.0 Å². The number of hydrogen-bond donors (Lipinski definition) is 0. The molecule has 0 aliphatic heterocycles. The highest BCUT2D eigenvalue weighted by molar-refractivity contribution is 5.41. The fraction of sp³-hybridized carbons (Fsp3) is 0.467. The van der Waals surface area contributed by atoms with Crippen LogP contribution < -0.4 is 4.74 Å². The van der Waals surface area contributed by atoms with Crippen LogP contribution in [-0.2, 0) is 0 Å². The average molecular weight is 256 g/mol. The van der Waals surface area contributed by atoms with E-state index in [1.54, 1.807) is 7.11 Å². The zero-order valence-corrected chi connectivity index (χ0v) is 10.9. The Hall–Kier alpha value is -1.84. The summed E-state index contributed by atoms with van der Waals surface area (Å²) in [6, 6.07) is 8.18. The van der Waals surface area contributed by atoms with Gasteiger partial charge < -0.3 is 9.26 Å². The average Bonchev–Trinajstić information content (AvgIpc) is 3.38. The second-order valence-corrected chi connectivity index (χ2v) is 5.46. The van der Waals surface area contributed by atoms with Gasteiger partial charge in [0.25, 0.3) is 0 Å². The van der Waals surface area contributed by atoms with Crippen LogP contribution in [0.5, 0.6) is 5.75 Å². The predicted octanol–water partition coefficient (Wildman–Crippen LogP) is 3.23. The van der Waals surface area contributed by atoms with Gasteiger partial charge in [-0.15, -0.1) is 0 Å². The third-order valence-electron chi connectivity index (χ3n) is 4.05. The lowest BCUT2D eigenvalue weighted by atomic mass is 10.1. The molecule has 0 radical (unpaired) electrons. The van der Waals surface area contributed by atoms with Gasteiger partial charge in [-0.1, -0.05) is 23.4 Å². The molecule has 98 valence electrons. The molecule has 2 aromatic rings. The summed E-state index contributed by atoms with van der Waals surface area (Å²) in [4.78, 5) is 4.55. The van der Waals surface area contributed by atoms with Crippen molar-refractivity contribution in [2.24, 2.45) is 0 Å². The Labute approximate surface area is 111 Å². The molecule has 4 nitrogen and oxygen atoms in total. The Morgan fingerprint density at radius 2 is 2.05 bits per heavy atom. The van der Waals surface area contributed by atoms with Gasteiger partial charge in [-0.25, -0.2) is 0 Å². The van der Waals surface area contributed by atoms with Crippen LogP contribution in [0.1, 0.15) is 54.3 Å². The van der Waals surface area contributed by atoms with Gasteiger partial charge in [-0.2, -0.15) is 4.98 Å². The molecule has 1 heterocycles. The number of benzene rings is 1. The van der Waals surface area contributed by atoms with Crippen molar-refractivity contribution in [1.82, 2.24) is 10.1 Å². The summed E-state index contributed by atoms with van der Waals surface area (Å²) in [5, 5.41) is 4.09. The van der Waals surface area contributed by atoms with Gasteiger partial charge >= 0.3 is 0 Å². The van der Waals surface area contributed by atoms with Crippen molar-refractivity contribution in [3.8, 4) is 5.75 Å². The Morgan fingerprint density at radius 1 is 1.21 bits per heavy atom. The first-order valence-electron chi connectivity index (χ1n) is 6.83. The van der Waals surface area contributed by atoms with Crippen molar-refractivity contribution >= 4 is 0 Å². The van der Waals surface area contributed by atoms with E-state index in [0.717, 1.165) is 23.9 Å². The van der Waals surface area contributed by atoms with Crippen LogP contribution in [-0.4, -0.2) is 17.3 Å². The number of nitrogens with zero attached hydrogens (tertiary/aromatic N) is 2. The molecule has 2 aliphatic carbocycles. The van der Waals surface area contributed by atoms with Crippen LogP contribution in [0.25, 0.3) is 0 Å². The lowest BCUT2D eigenvalue weighted by molar-refractivity contribution is 0.372. The van der Waals surface area contributed by atoms with E-state index in [1.807, 2.05) is 12.1 Å². The number of methoxy groups -OCH3 is 1. The summed E-state index contributed by atoms with van der Waals surface area (Å²) in [5.74, 6) is 4.05. The second kappa shape index (κ2) is 4.08. The van der Waals surface area contributed by atoms with Crippen LogP contribution in [0.4, 0.5) is 0 Å². The van der Waals surface area contributed by atoms with E-state index in [-0.39, 0.29) is 0 Å². The number of hydrogen-bond acceptors (Lipinski definition) is 4. The van der Waals surface area contributed by atoms with E-state index in [4.69, 9.17) is 9.26 Å². The zero-order valence-electron chi connectivity index (χ0n) is 10.9. The Morgan fingerprint density at radius 3 is 2.84 bits per heavy atom. The quantitative estimate of drug-likeness (QED) is 0.842. The molecular formula is C15H16N2O2. The highest BCUT2D eigenvalue weighted by Gasteiger charge is 2.45. The smallest absolute Gasteiger partial charge is 0.230 e. The van der Waals surface area contributed by atoms with Crippen molar-refractivity contribution in [3.05, 3.63) is 41.5 Å². The molecule has 2 saturated carbocycles. The molecule has 4 rings (SSSR count). The van der Waals surface area contributed by atoms with Gasteiger partial charge in [0.15, 0.2) is 5.82 Å². The van der Waals surface area contributed by atoms with Gasteiger partial charge in [0.1, 0.15) is 5.75 Å². The predicted molar refractivity (Wildman–Crippen MR) is 69.4 cm³/mol. The minimum atomic E-state index is 0.372. The maximum atomic E-state index is 5.42. The highest BCUT2D eigenvalue weighted by atomic mass is 16.5. The second-order valence-electron chi connectivity index (χ2n) is 5.46. The van der Waals surface area contributed by atoms with Crippen LogP contribution in [0.15, 0.2) is 28.8 Å². The zero-order chi connectivity index (χ0) is 12.8. The topological polar surface area (TPSA) is 48.2 Å². The van der Waals surface area contributed by atoms with Gasteiger partial charge in [-0.05, 0) is 36.8 Å². The summed E-state index contributed by atoms with van der Waals surface area (Å²) < 4.78 is 10.8. The van der Waals surface area contributed by atoms with E-state index in [9.17, 15) is 0 Å². The molecule has 19 heavy (non-hydrogen) atoms. The molecule has 0 spiro atoms. The molecule has 0 N–H and O–H groups in total. The molecule has 0 saturated heterocycles. The van der Waals surface area contributed by atoms with Crippen molar-refractivity contribution < 1.29 is 9.26 Å². The minimum absolute atomic E-state index is 0.372.